The molecule has 1 aliphatic carbocycles. The van der Waals surface area contributed by atoms with E-state index in [2.05, 4.69) is 10.3 Å². The summed E-state index contributed by atoms with van der Waals surface area (Å²) in [5.41, 5.74) is 2.39. The van der Waals surface area contributed by atoms with Gasteiger partial charge in [-0.2, -0.15) is 0 Å². The normalized spacial score (nSPS) is 19.9. The van der Waals surface area contributed by atoms with E-state index in [1.54, 1.807) is 7.05 Å². The molecule has 1 aromatic carbocycles. The molecule has 2 aromatic rings. The fourth-order valence-electron chi connectivity index (χ4n) is 3.63. The number of hydrogen-bond donors (Lipinski definition) is 1. The van der Waals surface area contributed by atoms with Crippen molar-refractivity contribution in [3.8, 4) is 11.3 Å². The van der Waals surface area contributed by atoms with Crippen LogP contribution in [-0.2, 0) is 16.6 Å². The molecule has 1 saturated carbocycles. The molecule has 0 spiro atoms. The number of carbonyl (C=O) groups excluding carboxylic acids is 1. The Morgan fingerprint density at radius 1 is 1.19 bits per heavy atom. The van der Waals surface area contributed by atoms with Crippen LogP contribution in [0.5, 0.6) is 0 Å². The highest BCUT2D eigenvalue weighted by atomic mass is 16.5. The molecule has 0 unspecified atom stereocenters. The minimum absolute atomic E-state index is 0.0168. The molecule has 0 atom stereocenters. The number of benzene rings is 1. The largest absolute Gasteiger partial charge is 0.476 e. The number of aromatic nitrogens is 3. The summed E-state index contributed by atoms with van der Waals surface area (Å²) in [6.45, 7) is 2.26. The van der Waals surface area contributed by atoms with Crippen molar-refractivity contribution in [1.29, 1.82) is 0 Å². The lowest BCUT2D eigenvalue weighted by atomic mass is 9.78. The van der Waals surface area contributed by atoms with E-state index in [1.807, 2.05) is 31.2 Å². The van der Waals surface area contributed by atoms with Crippen molar-refractivity contribution in [1.82, 2.24) is 15.0 Å². The second-order valence-corrected chi connectivity index (χ2v) is 6.64. The molecule has 0 saturated heterocycles. The zero-order chi connectivity index (χ0) is 18.7. The van der Waals surface area contributed by atoms with Crippen LogP contribution in [0.1, 0.15) is 54.6 Å². The van der Waals surface area contributed by atoms with Crippen molar-refractivity contribution in [2.24, 2.45) is 13.0 Å². The Balaban J connectivity index is 1.70. The molecule has 3 rings (SSSR count). The van der Waals surface area contributed by atoms with Gasteiger partial charge in [0.1, 0.15) is 5.69 Å². The minimum Gasteiger partial charge on any atom is -0.476 e. The van der Waals surface area contributed by atoms with E-state index in [0.717, 1.165) is 31.2 Å². The molecular formula is C19H23N3O4. The third kappa shape index (κ3) is 3.61. The minimum atomic E-state index is -1.05. The topological polar surface area (TPSA) is 94.3 Å². The number of ether oxygens (including phenoxy) is 1. The average Bonchev–Trinajstić information content (AvgIpc) is 3.04. The van der Waals surface area contributed by atoms with Gasteiger partial charge in [0, 0.05) is 12.6 Å². The first-order chi connectivity index (χ1) is 12.5. The SMILES string of the molecule is CCOC(=O)C1CCC(c2ccc(-c3nnn(C)c3C(=O)O)cc2)CC1. The lowest BCUT2D eigenvalue weighted by Crippen LogP contribution is -2.23. The molecule has 138 valence electrons. The smallest absolute Gasteiger partial charge is 0.356 e. The quantitative estimate of drug-likeness (QED) is 0.827. The Kier molecular flexibility index (Phi) is 5.35. The predicted molar refractivity (Wildman–Crippen MR) is 94.7 cm³/mol. The van der Waals surface area contributed by atoms with Gasteiger partial charge < -0.3 is 9.84 Å². The Labute approximate surface area is 152 Å². The number of nitrogens with zero attached hydrogens (tertiary/aromatic N) is 3. The summed E-state index contributed by atoms with van der Waals surface area (Å²) in [5.74, 6) is -0.697. The van der Waals surface area contributed by atoms with E-state index in [9.17, 15) is 14.7 Å². The predicted octanol–water partition coefficient (Wildman–Crippen LogP) is 3.02. The maximum atomic E-state index is 11.8. The van der Waals surface area contributed by atoms with E-state index in [4.69, 9.17) is 4.74 Å². The molecule has 0 amide bonds. The van der Waals surface area contributed by atoms with Crippen molar-refractivity contribution in [2.45, 2.75) is 38.5 Å². The third-order valence-corrected chi connectivity index (χ3v) is 5.03. The molecule has 0 bridgehead atoms. The number of esters is 1. The van der Waals surface area contributed by atoms with Crippen LogP contribution in [0.4, 0.5) is 0 Å². The van der Waals surface area contributed by atoms with E-state index in [1.165, 1.54) is 10.2 Å². The van der Waals surface area contributed by atoms with Gasteiger partial charge in [-0.05, 0) is 44.1 Å². The van der Waals surface area contributed by atoms with Crippen LogP contribution >= 0.6 is 0 Å². The first-order valence-electron chi connectivity index (χ1n) is 8.91. The molecule has 7 nitrogen and oxygen atoms in total. The Hall–Kier alpha value is -2.70. The molecule has 1 heterocycles. The number of aromatic carboxylic acids is 1. The van der Waals surface area contributed by atoms with Crippen LogP contribution in [0.3, 0.4) is 0 Å². The average molecular weight is 357 g/mol. The van der Waals surface area contributed by atoms with Crippen molar-refractivity contribution < 1.29 is 19.4 Å². The van der Waals surface area contributed by atoms with Gasteiger partial charge in [0.15, 0.2) is 5.69 Å². The van der Waals surface area contributed by atoms with Crippen molar-refractivity contribution in [3.63, 3.8) is 0 Å². The van der Waals surface area contributed by atoms with Gasteiger partial charge in [0.25, 0.3) is 0 Å². The molecule has 1 fully saturated rings. The summed E-state index contributed by atoms with van der Waals surface area (Å²) in [5, 5.41) is 17.1. The second kappa shape index (κ2) is 7.68. The molecule has 1 aliphatic rings. The highest BCUT2D eigenvalue weighted by Gasteiger charge is 2.28. The first-order valence-corrected chi connectivity index (χ1v) is 8.91. The number of aryl methyl sites for hydroxylation is 1. The highest BCUT2D eigenvalue weighted by molar-refractivity contribution is 5.92. The van der Waals surface area contributed by atoms with Gasteiger partial charge in [-0.3, -0.25) is 4.79 Å². The van der Waals surface area contributed by atoms with Crippen LogP contribution in [0.15, 0.2) is 24.3 Å². The van der Waals surface area contributed by atoms with Crippen LogP contribution in [0.25, 0.3) is 11.3 Å². The zero-order valence-electron chi connectivity index (χ0n) is 15.0. The lowest BCUT2D eigenvalue weighted by Gasteiger charge is -2.27. The van der Waals surface area contributed by atoms with E-state index in [-0.39, 0.29) is 17.6 Å². The summed E-state index contributed by atoms with van der Waals surface area (Å²) in [6.07, 6.45) is 3.60. The molecule has 0 aliphatic heterocycles. The number of carboxylic acid groups (broad SMARTS) is 1. The van der Waals surface area contributed by atoms with Crippen LogP contribution in [-0.4, -0.2) is 38.6 Å². The van der Waals surface area contributed by atoms with E-state index >= 15 is 0 Å². The molecule has 7 heteroatoms. The van der Waals surface area contributed by atoms with Gasteiger partial charge in [-0.25, -0.2) is 9.48 Å². The molecule has 26 heavy (non-hydrogen) atoms. The fourth-order valence-corrected chi connectivity index (χ4v) is 3.63. The van der Waals surface area contributed by atoms with Crippen LogP contribution in [0, 0.1) is 5.92 Å². The molecule has 0 radical (unpaired) electrons. The summed E-state index contributed by atoms with van der Waals surface area (Å²) < 4.78 is 6.38. The van der Waals surface area contributed by atoms with Gasteiger partial charge in [-0.1, -0.05) is 29.5 Å². The third-order valence-electron chi connectivity index (χ3n) is 5.03. The molecular weight excluding hydrogens is 334 g/mol. The van der Waals surface area contributed by atoms with E-state index in [0.29, 0.717) is 18.2 Å². The number of hydrogen-bond acceptors (Lipinski definition) is 5. The van der Waals surface area contributed by atoms with Gasteiger partial charge in [-0.15, -0.1) is 5.10 Å². The first kappa shape index (κ1) is 18.1. The van der Waals surface area contributed by atoms with Gasteiger partial charge in [0.2, 0.25) is 0 Å². The Morgan fingerprint density at radius 3 is 2.42 bits per heavy atom. The zero-order valence-corrected chi connectivity index (χ0v) is 15.0. The Bertz CT molecular complexity index is 790. The monoisotopic (exact) mass is 357 g/mol. The van der Waals surface area contributed by atoms with Crippen LogP contribution in [0.2, 0.25) is 0 Å². The summed E-state index contributed by atoms with van der Waals surface area (Å²) in [7, 11) is 1.57. The molecule has 1 N–H and O–H groups in total. The Morgan fingerprint density at radius 2 is 1.85 bits per heavy atom. The van der Waals surface area contributed by atoms with Crippen molar-refractivity contribution >= 4 is 11.9 Å². The van der Waals surface area contributed by atoms with Gasteiger partial charge in [0.05, 0.1) is 12.5 Å². The van der Waals surface area contributed by atoms with Crippen molar-refractivity contribution in [3.05, 3.63) is 35.5 Å². The summed E-state index contributed by atoms with van der Waals surface area (Å²) >= 11 is 0. The standard InChI is InChI=1S/C19H23N3O4/c1-3-26-19(25)15-10-6-13(7-11-15)12-4-8-14(9-5-12)16-17(18(23)24)22(2)21-20-16/h4-5,8-9,13,15H,3,6-7,10-11H2,1-2H3,(H,23,24). The fraction of sp³-hybridized carbons (Fsp3) is 0.474. The van der Waals surface area contributed by atoms with Gasteiger partial charge >= 0.3 is 11.9 Å². The summed E-state index contributed by atoms with van der Waals surface area (Å²) in [6, 6.07) is 7.82. The number of rotatable bonds is 5. The summed E-state index contributed by atoms with van der Waals surface area (Å²) in [4.78, 5) is 23.2. The number of carboxylic acids is 1. The van der Waals surface area contributed by atoms with E-state index < -0.39 is 5.97 Å². The maximum Gasteiger partial charge on any atom is 0.356 e. The second-order valence-electron chi connectivity index (χ2n) is 6.64. The maximum absolute atomic E-state index is 11.8. The van der Waals surface area contributed by atoms with Crippen molar-refractivity contribution in [2.75, 3.05) is 6.61 Å². The number of carbonyl (C=O) groups is 2. The highest BCUT2D eigenvalue weighted by Crippen LogP contribution is 2.37. The lowest BCUT2D eigenvalue weighted by molar-refractivity contribution is -0.149. The molecule has 1 aromatic heterocycles. The van der Waals surface area contributed by atoms with Crippen LogP contribution < -0.4 is 0 Å².